The minimum absolute atomic E-state index is 0.104. The Balaban J connectivity index is 2.77. The van der Waals surface area contributed by atoms with Crippen molar-refractivity contribution in [1.82, 2.24) is 0 Å². The van der Waals surface area contributed by atoms with Gasteiger partial charge < -0.3 is 5.73 Å². The maximum absolute atomic E-state index is 6.01. The van der Waals surface area contributed by atoms with Gasteiger partial charge in [0.2, 0.25) is 0 Å². The van der Waals surface area contributed by atoms with E-state index in [9.17, 15) is 0 Å². The van der Waals surface area contributed by atoms with E-state index in [0.29, 0.717) is 0 Å². The first kappa shape index (κ1) is 11.0. The molecule has 0 aliphatic rings. The maximum atomic E-state index is 6.01. The molecule has 1 aromatic rings. The van der Waals surface area contributed by atoms with E-state index in [1.54, 1.807) is 11.3 Å². The van der Waals surface area contributed by atoms with Crippen molar-refractivity contribution in [1.29, 1.82) is 0 Å². The molecule has 0 amide bonds. The molecule has 1 rings (SSSR count). The number of thiophene rings is 1. The number of rotatable bonds is 3. The van der Waals surface area contributed by atoms with E-state index >= 15 is 0 Å². The van der Waals surface area contributed by atoms with E-state index in [1.165, 1.54) is 14.2 Å². The minimum atomic E-state index is 0.104. The van der Waals surface area contributed by atoms with Crippen LogP contribution in [0.1, 0.15) is 29.8 Å². The zero-order chi connectivity index (χ0) is 10.0. The van der Waals surface area contributed by atoms with Gasteiger partial charge in [0.25, 0.3) is 0 Å². The lowest BCUT2D eigenvalue weighted by Crippen LogP contribution is -2.08. The van der Waals surface area contributed by atoms with Gasteiger partial charge in [-0.2, -0.15) is 0 Å². The van der Waals surface area contributed by atoms with Crippen LogP contribution < -0.4 is 5.73 Å². The van der Waals surface area contributed by atoms with Crippen molar-refractivity contribution in [3.8, 4) is 0 Å². The molecule has 1 nitrogen and oxygen atoms in total. The van der Waals surface area contributed by atoms with Crippen LogP contribution in [-0.4, -0.2) is 0 Å². The molecule has 1 atom stereocenters. The molecule has 1 heterocycles. The Labute approximate surface area is 91.8 Å². The number of hydrogen-bond acceptors (Lipinski definition) is 2. The van der Waals surface area contributed by atoms with Crippen molar-refractivity contribution in [2.24, 2.45) is 5.73 Å². The van der Waals surface area contributed by atoms with Crippen LogP contribution in [0.25, 0.3) is 0 Å². The number of nitrogens with two attached hydrogens (primary N) is 1. The second kappa shape index (κ2) is 4.40. The summed E-state index contributed by atoms with van der Waals surface area (Å²) in [5, 5.41) is 0. The Bertz CT molecular complexity index is 297. The number of halogens is 1. The largest absolute Gasteiger partial charge is 0.323 e. The Kier molecular flexibility index (Phi) is 3.71. The quantitative estimate of drug-likeness (QED) is 0.822. The molecule has 1 aromatic heterocycles. The van der Waals surface area contributed by atoms with E-state index < -0.39 is 0 Å². The first-order valence-corrected chi connectivity index (χ1v) is 5.77. The predicted molar refractivity (Wildman–Crippen MR) is 63.1 cm³/mol. The zero-order valence-electron chi connectivity index (χ0n) is 7.93. The van der Waals surface area contributed by atoms with Gasteiger partial charge in [-0.1, -0.05) is 5.57 Å². The molecule has 0 saturated carbocycles. The summed E-state index contributed by atoms with van der Waals surface area (Å²) in [4.78, 5) is 1.23. The van der Waals surface area contributed by atoms with Crippen LogP contribution >= 0.6 is 27.3 Å². The Morgan fingerprint density at radius 3 is 2.77 bits per heavy atom. The monoisotopic (exact) mass is 259 g/mol. The predicted octanol–water partition coefficient (Wildman–Crippen LogP) is 3.79. The van der Waals surface area contributed by atoms with E-state index in [0.717, 1.165) is 12.0 Å². The Hall–Kier alpha value is -0.120. The first-order chi connectivity index (χ1) is 6.00. The standard InChI is InChI=1S/C10H14BrNS/c1-6(2)4-8(12)9-5-7(3)10(11)13-9/h5,8H,1,4,12H2,2-3H3. The Morgan fingerprint density at radius 2 is 2.38 bits per heavy atom. The molecule has 3 heteroatoms. The average Bonchev–Trinajstić information content (AvgIpc) is 2.31. The minimum Gasteiger partial charge on any atom is -0.323 e. The fourth-order valence-corrected chi connectivity index (χ4v) is 2.71. The second-order valence-corrected chi connectivity index (χ2v) is 5.77. The third-order valence-electron chi connectivity index (χ3n) is 1.81. The molecule has 0 radical (unpaired) electrons. The number of hydrogen-bond donors (Lipinski definition) is 1. The van der Waals surface area contributed by atoms with Crippen molar-refractivity contribution in [3.63, 3.8) is 0 Å². The van der Waals surface area contributed by atoms with Gasteiger partial charge in [0.15, 0.2) is 0 Å². The fourth-order valence-electron chi connectivity index (χ4n) is 1.14. The third kappa shape index (κ3) is 2.93. The van der Waals surface area contributed by atoms with Gasteiger partial charge in [0.05, 0.1) is 3.79 Å². The molecule has 0 aliphatic carbocycles. The lowest BCUT2D eigenvalue weighted by Gasteiger charge is -2.07. The zero-order valence-corrected chi connectivity index (χ0v) is 10.3. The van der Waals surface area contributed by atoms with Crippen molar-refractivity contribution in [2.45, 2.75) is 26.3 Å². The summed E-state index contributed by atoms with van der Waals surface area (Å²) < 4.78 is 1.18. The highest BCUT2D eigenvalue weighted by Crippen LogP contribution is 2.32. The summed E-state index contributed by atoms with van der Waals surface area (Å²) in [6, 6.07) is 2.25. The molecule has 0 saturated heterocycles. The normalized spacial score (nSPS) is 12.9. The summed E-state index contributed by atoms with van der Waals surface area (Å²) in [5.74, 6) is 0. The molecular formula is C10H14BrNS. The molecular weight excluding hydrogens is 246 g/mol. The Morgan fingerprint density at radius 1 is 1.77 bits per heavy atom. The van der Waals surface area contributed by atoms with Crippen LogP contribution in [0.3, 0.4) is 0 Å². The second-order valence-electron chi connectivity index (χ2n) is 3.37. The smallest absolute Gasteiger partial charge is 0.0731 e. The van der Waals surface area contributed by atoms with E-state index in [1.807, 2.05) is 6.92 Å². The van der Waals surface area contributed by atoms with Crippen molar-refractivity contribution >= 4 is 27.3 Å². The summed E-state index contributed by atoms with van der Waals surface area (Å²) in [5.41, 5.74) is 8.40. The summed E-state index contributed by atoms with van der Waals surface area (Å²) in [6.07, 6.45) is 0.867. The van der Waals surface area contributed by atoms with Crippen LogP contribution in [0.5, 0.6) is 0 Å². The molecule has 2 N–H and O–H groups in total. The van der Waals surface area contributed by atoms with Crippen LogP contribution in [0.4, 0.5) is 0 Å². The van der Waals surface area contributed by atoms with Gasteiger partial charge in [0.1, 0.15) is 0 Å². The SMILES string of the molecule is C=C(C)CC(N)c1cc(C)c(Br)s1. The van der Waals surface area contributed by atoms with Gasteiger partial charge in [-0.3, -0.25) is 0 Å². The van der Waals surface area contributed by atoms with Gasteiger partial charge >= 0.3 is 0 Å². The third-order valence-corrected chi connectivity index (χ3v) is 4.08. The highest BCUT2D eigenvalue weighted by molar-refractivity contribution is 9.11. The lowest BCUT2D eigenvalue weighted by atomic mass is 10.1. The molecule has 0 spiro atoms. The summed E-state index contributed by atoms with van der Waals surface area (Å²) in [6.45, 7) is 7.95. The van der Waals surface area contributed by atoms with E-state index in [4.69, 9.17) is 5.73 Å². The molecule has 0 aliphatic heterocycles. The van der Waals surface area contributed by atoms with Crippen molar-refractivity contribution < 1.29 is 0 Å². The number of aryl methyl sites for hydroxylation is 1. The molecule has 72 valence electrons. The highest BCUT2D eigenvalue weighted by atomic mass is 79.9. The summed E-state index contributed by atoms with van der Waals surface area (Å²) in [7, 11) is 0. The average molecular weight is 260 g/mol. The topological polar surface area (TPSA) is 26.0 Å². The molecule has 0 fully saturated rings. The van der Waals surface area contributed by atoms with Crippen LogP contribution in [0.2, 0.25) is 0 Å². The van der Waals surface area contributed by atoms with Crippen LogP contribution in [0.15, 0.2) is 22.0 Å². The highest BCUT2D eigenvalue weighted by Gasteiger charge is 2.10. The van der Waals surface area contributed by atoms with Gasteiger partial charge in [-0.05, 0) is 47.8 Å². The summed E-state index contributed by atoms with van der Waals surface area (Å²) >= 11 is 5.21. The van der Waals surface area contributed by atoms with Crippen LogP contribution in [0, 0.1) is 6.92 Å². The maximum Gasteiger partial charge on any atom is 0.0731 e. The van der Waals surface area contributed by atoms with Crippen molar-refractivity contribution in [2.75, 3.05) is 0 Å². The lowest BCUT2D eigenvalue weighted by molar-refractivity contribution is 0.731. The van der Waals surface area contributed by atoms with Crippen molar-refractivity contribution in [3.05, 3.63) is 32.4 Å². The van der Waals surface area contributed by atoms with Gasteiger partial charge in [-0.25, -0.2) is 0 Å². The van der Waals surface area contributed by atoms with E-state index in [2.05, 4.69) is 35.5 Å². The fraction of sp³-hybridized carbons (Fsp3) is 0.400. The molecule has 0 bridgehead atoms. The molecule has 0 aromatic carbocycles. The van der Waals surface area contributed by atoms with Crippen LogP contribution in [-0.2, 0) is 0 Å². The van der Waals surface area contributed by atoms with Gasteiger partial charge in [0, 0.05) is 10.9 Å². The first-order valence-electron chi connectivity index (χ1n) is 4.16. The van der Waals surface area contributed by atoms with E-state index in [-0.39, 0.29) is 6.04 Å². The molecule has 13 heavy (non-hydrogen) atoms. The van der Waals surface area contributed by atoms with Gasteiger partial charge in [-0.15, -0.1) is 17.9 Å². The molecule has 1 unspecified atom stereocenters.